The molecule has 0 aliphatic heterocycles. The fourth-order valence-electron chi connectivity index (χ4n) is 2.64. The monoisotopic (exact) mass is 457 g/mol. The Morgan fingerprint density at radius 3 is 2.35 bits per heavy atom. The van der Waals surface area contributed by atoms with E-state index < -0.39 is 22.5 Å². The fourth-order valence-corrected chi connectivity index (χ4v) is 3.69. The first-order valence-corrected chi connectivity index (χ1v) is 11.4. The van der Waals surface area contributed by atoms with Gasteiger partial charge in [-0.15, -0.1) is 0 Å². The molecule has 0 saturated carbocycles. The summed E-state index contributed by atoms with van der Waals surface area (Å²) in [4.78, 5) is 12.3. The largest absolute Gasteiger partial charge is 0.457 e. The number of hydrogen-bond acceptors (Lipinski definition) is 5. The summed E-state index contributed by atoms with van der Waals surface area (Å²) in [7, 11) is -3.71. The lowest BCUT2D eigenvalue weighted by atomic mass is 10.2. The summed E-state index contributed by atoms with van der Waals surface area (Å²) in [6.45, 7) is -0.426. The van der Waals surface area contributed by atoms with Crippen LogP contribution in [0.3, 0.4) is 0 Å². The Labute approximate surface area is 186 Å². The van der Waals surface area contributed by atoms with E-state index in [1.807, 2.05) is 30.3 Å². The number of para-hydroxylation sites is 1. The first-order chi connectivity index (χ1) is 14.8. The average Bonchev–Trinajstić information content (AvgIpc) is 2.73. The zero-order chi connectivity index (χ0) is 22.3. The lowest BCUT2D eigenvalue weighted by molar-refractivity contribution is -0.119. The van der Waals surface area contributed by atoms with Crippen LogP contribution >= 0.6 is 11.6 Å². The van der Waals surface area contributed by atoms with E-state index in [4.69, 9.17) is 16.3 Å². The second-order valence-electron chi connectivity index (χ2n) is 6.53. The number of ether oxygens (including phenoxy) is 1. The van der Waals surface area contributed by atoms with Gasteiger partial charge in [-0.2, -0.15) is 5.10 Å². The van der Waals surface area contributed by atoms with Crippen molar-refractivity contribution in [2.45, 2.75) is 0 Å². The Morgan fingerprint density at radius 2 is 1.71 bits per heavy atom. The highest BCUT2D eigenvalue weighted by atomic mass is 35.5. The number of benzene rings is 3. The van der Waals surface area contributed by atoms with Crippen LogP contribution in [0.25, 0.3) is 0 Å². The first kappa shape index (κ1) is 22.3. The second-order valence-corrected chi connectivity index (χ2v) is 8.87. The van der Waals surface area contributed by atoms with Crippen LogP contribution in [-0.2, 0) is 14.8 Å². The fraction of sp³-hybridized carbons (Fsp3) is 0.0909. The molecular weight excluding hydrogens is 438 g/mol. The van der Waals surface area contributed by atoms with Gasteiger partial charge in [0.05, 0.1) is 18.2 Å². The molecule has 0 fully saturated rings. The van der Waals surface area contributed by atoms with Crippen molar-refractivity contribution in [3.05, 3.63) is 89.4 Å². The van der Waals surface area contributed by atoms with Gasteiger partial charge in [0, 0.05) is 5.02 Å². The van der Waals surface area contributed by atoms with E-state index >= 15 is 0 Å². The minimum Gasteiger partial charge on any atom is -0.457 e. The van der Waals surface area contributed by atoms with Crippen LogP contribution in [0.5, 0.6) is 11.5 Å². The maximum atomic E-state index is 12.3. The predicted octanol–water partition coefficient (Wildman–Crippen LogP) is 4.05. The smallest absolute Gasteiger partial charge is 0.260 e. The number of hydrazone groups is 1. The summed E-state index contributed by atoms with van der Waals surface area (Å²) >= 11 is 5.90. The molecule has 0 spiro atoms. The van der Waals surface area contributed by atoms with E-state index in [-0.39, 0.29) is 0 Å². The predicted molar refractivity (Wildman–Crippen MR) is 122 cm³/mol. The maximum absolute atomic E-state index is 12.3. The molecule has 3 aromatic carbocycles. The van der Waals surface area contributed by atoms with Gasteiger partial charge in [-0.25, -0.2) is 13.8 Å². The number of amides is 1. The summed E-state index contributed by atoms with van der Waals surface area (Å²) in [5.74, 6) is 0.611. The number of halogens is 1. The molecule has 0 bridgehead atoms. The number of nitrogens with zero attached hydrogens (tertiary/aromatic N) is 2. The molecule has 0 aliphatic rings. The lowest BCUT2D eigenvalue weighted by Gasteiger charge is -2.21. The van der Waals surface area contributed by atoms with Crippen molar-refractivity contribution in [2.75, 3.05) is 17.1 Å². The van der Waals surface area contributed by atoms with Gasteiger partial charge in [0.1, 0.15) is 18.0 Å². The van der Waals surface area contributed by atoms with Crippen LogP contribution in [-0.4, -0.2) is 33.3 Å². The normalized spacial score (nSPS) is 11.3. The van der Waals surface area contributed by atoms with Crippen LogP contribution < -0.4 is 14.5 Å². The summed E-state index contributed by atoms with van der Waals surface area (Å²) in [5.41, 5.74) is 3.35. The summed E-state index contributed by atoms with van der Waals surface area (Å²) in [6.07, 6.45) is 2.45. The van der Waals surface area contributed by atoms with Gasteiger partial charge in [0.15, 0.2) is 0 Å². The third-order valence-electron chi connectivity index (χ3n) is 4.04. The number of hydrogen-bond donors (Lipinski definition) is 1. The van der Waals surface area contributed by atoms with Crippen LogP contribution in [0.1, 0.15) is 5.56 Å². The highest BCUT2D eigenvalue weighted by molar-refractivity contribution is 7.92. The Balaban J connectivity index is 1.66. The van der Waals surface area contributed by atoms with Crippen molar-refractivity contribution < 1.29 is 17.9 Å². The number of nitrogens with one attached hydrogen (secondary N) is 1. The molecule has 31 heavy (non-hydrogen) atoms. The van der Waals surface area contributed by atoms with Gasteiger partial charge < -0.3 is 4.74 Å². The summed E-state index contributed by atoms with van der Waals surface area (Å²) < 4.78 is 31.2. The molecule has 1 N–H and O–H groups in total. The van der Waals surface area contributed by atoms with Crippen LogP contribution in [0.4, 0.5) is 5.69 Å². The molecule has 3 rings (SSSR count). The quantitative estimate of drug-likeness (QED) is 0.408. The number of rotatable bonds is 8. The molecule has 0 aliphatic carbocycles. The van der Waals surface area contributed by atoms with Gasteiger partial charge in [-0.05, 0) is 54.1 Å². The van der Waals surface area contributed by atoms with Gasteiger partial charge in [0.2, 0.25) is 10.0 Å². The van der Waals surface area contributed by atoms with Crippen LogP contribution in [0, 0.1) is 0 Å². The lowest BCUT2D eigenvalue weighted by Crippen LogP contribution is -2.38. The SMILES string of the molecule is CS(=O)(=O)N(CC(=O)N/N=C/c1cccc(Cl)c1)c1ccc(Oc2ccccc2)cc1. The molecule has 7 nitrogen and oxygen atoms in total. The van der Waals surface area contributed by atoms with Gasteiger partial charge >= 0.3 is 0 Å². The van der Waals surface area contributed by atoms with Crippen molar-refractivity contribution in [1.82, 2.24) is 5.43 Å². The Bertz CT molecular complexity index is 1170. The molecule has 1 amide bonds. The summed E-state index contributed by atoms with van der Waals surface area (Å²) in [6, 6.07) is 22.5. The minimum atomic E-state index is -3.71. The molecule has 0 heterocycles. The van der Waals surface area contributed by atoms with Crippen molar-refractivity contribution in [3.8, 4) is 11.5 Å². The molecule has 9 heteroatoms. The maximum Gasteiger partial charge on any atom is 0.260 e. The molecule has 0 aromatic heterocycles. The standard InChI is InChI=1S/C22H20ClN3O4S/c1-31(28,29)26(16-22(27)25-24-15-17-6-5-7-18(23)14-17)19-10-12-21(13-11-19)30-20-8-3-2-4-9-20/h2-15H,16H2,1H3,(H,25,27)/b24-15+. The third-order valence-corrected chi connectivity index (χ3v) is 5.42. The number of carbonyl (C=O) groups excluding carboxylic acids is 1. The third kappa shape index (κ3) is 6.84. The second kappa shape index (κ2) is 10.1. The van der Waals surface area contributed by atoms with Crippen molar-refractivity contribution in [2.24, 2.45) is 5.10 Å². The van der Waals surface area contributed by atoms with Crippen LogP contribution in [0.15, 0.2) is 84.0 Å². The molecule has 0 saturated heterocycles. The van der Waals surface area contributed by atoms with E-state index in [1.165, 1.54) is 6.21 Å². The zero-order valence-electron chi connectivity index (χ0n) is 16.6. The van der Waals surface area contributed by atoms with Gasteiger partial charge in [0.25, 0.3) is 5.91 Å². The van der Waals surface area contributed by atoms with E-state index in [0.29, 0.717) is 27.8 Å². The van der Waals surface area contributed by atoms with E-state index in [2.05, 4.69) is 10.5 Å². The number of carbonyl (C=O) groups is 1. The first-order valence-electron chi connectivity index (χ1n) is 9.19. The van der Waals surface area contributed by atoms with E-state index in [1.54, 1.807) is 48.5 Å². The van der Waals surface area contributed by atoms with E-state index in [9.17, 15) is 13.2 Å². The average molecular weight is 458 g/mol. The van der Waals surface area contributed by atoms with Crippen molar-refractivity contribution in [1.29, 1.82) is 0 Å². The highest BCUT2D eigenvalue weighted by Gasteiger charge is 2.20. The van der Waals surface area contributed by atoms with Crippen molar-refractivity contribution >= 4 is 39.4 Å². The zero-order valence-corrected chi connectivity index (χ0v) is 18.2. The molecule has 0 atom stereocenters. The Kier molecular flexibility index (Phi) is 7.28. The number of anilines is 1. The van der Waals surface area contributed by atoms with E-state index in [0.717, 1.165) is 10.6 Å². The van der Waals surface area contributed by atoms with Gasteiger partial charge in [-0.3, -0.25) is 9.10 Å². The molecule has 3 aromatic rings. The summed E-state index contributed by atoms with van der Waals surface area (Å²) in [5, 5.41) is 4.39. The molecule has 0 radical (unpaired) electrons. The molecule has 160 valence electrons. The van der Waals surface area contributed by atoms with Crippen molar-refractivity contribution in [3.63, 3.8) is 0 Å². The topological polar surface area (TPSA) is 88.1 Å². The van der Waals surface area contributed by atoms with Gasteiger partial charge in [-0.1, -0.05) is 41.9 Å². The Hall–Kier alpha value is -3.36. The minimum absolute atomic E-state index is 0.330. The number of sulfonamides is 1. The highest BCUT2D eigenvalue weighted by Crippen LogP contribution is 2.25. The Morgan fingerprint density at radius 1 is 1.03 bits per heavy atom. The van der Waals surface area contributed by atoms with Crippen LogP contribution in [0.2, 0.25) is 5.02 Å². The molecular formula is C22H20ClN3O4S. The molecule has 0 unspecified atom stereocenters.